The van der Waals surface area contributed by atoms with Gasteiger partial charge in [0, 0.05) is 32.3 Å². The average Bonchev–Trinajstić information content (AvgIpc) is 3.19. The van der Waals surface area contributed by atoms with Gasteiger partial charge < -0.3 is 9.64 Å². The van der Waals surface area contributed by atoms with Crippen LogP contribution in [0.3, 0.4) is 0 Å². The van der Waals surface area contributed by atoms with Crippen LogP contribution < -0.4 is 0 Å². The number of nitrogens with zero attached hydrogens (tertiary/aromatic N) is 4. The molecule has 0 saturated carbocycles. The van der Waals surface area contributed by atoms with E-state index in [2.05, 4.69) is 10.1 Å². The van der Waals surface area contributed by atoms with Crippen molar-refractivity contribution >= 4 is 17.2 Å². The van der Waals surface area contributed by atoms with Crippen LogP contribution in [0.4, 0.5) is 0 Å². The van der Waals surface area contributed by atoms with Gasteiger partial charge in [0.1, 0.15) is 5.69 Å². The topological polar surface area (TPSA) is 60.2 Å². The highest BCUT2D eigenvalue weighted by atomic mass is 32.1. The normalized spacial score (nSPS) is 21.5. The second kappa shape index (κ2) is 6.18. The van der Waals surface area contributed by atoms with Gasteiger partial charge in [-0.15, -0.1) is 11.3 Å². The Hall–Kier alpha value is -1.73. The van der Waals surface area contributed by atoms with E-state index in [9.17, 15) is 4.79 Å². The molecule has 1 amide bonds. The molecule has 2 atom stereocenters. The molecule has 3 rings (SSSR count). The molecule has 6 nitrogen and oxygen atoms in total. The van der Waals surface area contributed by atoms with Crippen LogP contribution in [-0.2, 0) is 18.2 Å². The maximum absolute atomic E-state index is 12.7. The highest BCUT2D eigenvalue weighted by Gasteiger charge is 2.38. The van der Waals surface area contributed by atoms with Crippen molar-refractivity contribution in [3.63, 3.8) is 0 Å². The van der Waals surface area contributed by atoms with Gasteiger partial charge in [-0.2, -0.15) is 5.10 Å². The maximum atomic E-state index is 12.7. The smallest absolute Gasteiger partial charge is 0.273 e. The number of carbonyl (C=O) groups is 1. The molecule has 1 aliphatic rings. The molecule has 1 saturated heterocycles. The Labute approximate surface area is 133 Å². The second-order valence-electron chi connectivity index (χ2n) is 5.61. The zero-order valence-electron chi connectivity index (χ0n) is 13.0. The third-order valence-electron chi connectivity index (χ3n) is 4.09. The van der Waals surface area contributed by atoms with Crippen molar-refractivity contribution in [1.29, 1.82) is 0 Å². The minimum absolute atomic E-state index is 0.00205. The summed E-state index contributed by atoms with van der Waals surface area (Å²) in [7, 11) is 3.61. The van der Waals surface area contributed by atoms with Gasteiger partial charge in [0.25, 0.3) is 5.91 Å². The number of likely N-dealkylation sites (tertiary alicyclic amines) is 1. The molecule has 1 fully saturated rings. The van der Waals surface area contributed by atoms with E-state index >= 15 is 0 Å². The maximum Gasteiger partial charge on any atom is 0.273 e. The molecule has 1 aliphatic heterocycles. The van der Waals surface area contributed by atoms with E-state index in [-0.39, 0.29) is 18.1 Å². The first kappa shape index (κ1) is 15.2. The summed E-state index contributed by atoms with van der Waals surface area (Å²) in [6.07, 6.45) is 5.50. The number of aromatic nitrogens is 3. The van der Waals surface area contributed by atoms with Gasteiger partial charge in [-0.3, -0.25) is 9.48 Å². The zero-order chi connectivity index (χ0) is 15.7. The van der Waals surface area contributed by atoms with Crippen LogP contribution in [0.1, 0.15) is 27.5 Å². The van der Waals surface area contributed by atoms with Crippen molar-refractivity contribution < 1.29 is 9.53 Å². The average molecular weight is 320 g/mol. The number of methoxy groups -OCH3 is 1. The lowest BCUT2D eigenvalue weighted by molar-refractivity contribution is 0.0505. The number of ether oxygens (including phenoxy) is 1. The minimum atomic E-state index is -0.00205. The van der Waals surface area contributed by atoms with Gasteiger partial charge in [-0.05, 0) is 25.3 Å². The number of hydrogen-bond acceptors (Lipinski definition) is 5. The summed E-state index contributed by atoms with van der Waals surface area (Å²) in [6, 6.07) is 0.0312. The highest BCUT2D eigenvalue weighted by Crippen LogP contribution is 2.26. The Morgan fingerprint density at radius 1 is 1.55 bits per heavy atom. The minimum Gasteiger partial charge on any atom is -0.379 e. The zero-order valence-corrected chi connectivity index (χ0v) is 13.8. The third kappa shape index (κ3) is 2.91. The number of thiazole rings is 1. The van der Waals surface area contributed by atoms with Crippen LogP contribution in [0.5, 0.6) is 0 Å². The number of rotatable bonds is 4. The lowest BCUT2D eigenvalue weighted by Gasteiger charge is -2.26. The monoisotopic (exact) mass is 320 g/mol. The van der Waals surface area contributed by atoms with E-state index in [1.54, 1.807) is 11.8 Å². The molecule has 3 heterocycles. The quantitative estimate of drug-likeness (QED) is 0.859. The van der Waals surface area contributed by atoms with E-state index in [0.717, 1.165) is 23.4 Å². The fourth-order valence-corrected chi connectivity index (χ4v) is 3.61. The van der Waals surface area contributed by atoms with Gasteiger partial charge in [0.15, 0.2) is 0 Å². The predicted molar refractivity (Wildman–Crippen MR) is 84.0 cm³/mol. The first-order valence-corrected chi connectivity index (χ1v) is 8.20. The largest absolute Gasteiger partial charge is 0.379 e. The summed E-state index contributed by atoms with van der Waals surface area (Å²) >= 11 is 1.50. The fourth-order valence-electron chi connectivity index (χ4n) is 3.02. The first-order valence-electron chi connectivity index (χ1n) is 7.32. The molecule has 0 unspecified atom stereocenters. The van der Waals surface area contributed by atoms with E-state index in [1.165, 1.54) is 11.3 Å². The Balaban J connectivity index is 1.81. The van der Waals surface area contributed by atoms with Gasteiger partial charge in [0.2, 0.25) is 0 Å². The molecular weight excluding hydrogens is 300 g/mol. The van der Waals surface area contributed by atoms with Crippen LogP contribution in [0.15, 0.2) is 17.8 Å². The van der Waals surface area contributed by atoms with Crippen molar-refractivity contribution in [2.75, 3.05) is 13.7 Å². The predicted octanol–water partition coefficient (Wildman–Crippen LogP) is 1.66. The highest BCUT2D eigenvalue weighted by molar-refractivity contribution is 7.09. The van der Waals surface area contributed by atoms with Gasteiger partial charge in [-0.1, -0.05) is 0 Å². The van der Waals surface area contributed by atoms with Crippen LogP contribution in [0.25, 0.3) is 0 Å². The molecular formula is C15H20N4O2S. The van der Waals surface area contributed by atoms with Crippen LogP contribution in [-0.4, -0.2) is 51.4 Å². The lowest BCUT2D eigenvalue weighted by atomic mass is 10.0. The molecule has 0 aliphatic carbocycles. The second-order valence-corrected chi connectivity index (χ2v) is 6.67. The summed E-state index contributed by atoms with van der Waals surface area (Å²) in [6.45, 7) is 2.62. The van der Waals surface area contributed by atoms with Crippen LogP contribution >= 0.6 is 11.3 Å². The van der Waals surface area contributed by atoms with E-state index < -0.39 is 0 Å². The number of amides is 1. The SMILES string of the molecule is CO[C@H]1CCN(C(=O)c2csc(C)n2)[C@H]1Cc1cnn(C)c1. The molecule has 2 aromatic rings. The van der Waals surface area contributed by atoms with E-state index in [4.69, 9.17) is 4.74 Å². The number of aryl methyl sites for hydroxylation is 2. The summed E-state index contributed by atoms with van der Waals surface area (Å²) in [5.41, 5.74) is 1.65. The standard InChI is InChI=1S/C15H20N4O2S/c1-10-17-12(9-22-10)15(20)19-5-4-14(21-3)13(19)6-11-7-16-18(2)8-11/h7-9,13-14H,4-6H2,1-3H3/t13-,14-/m0/s1. The van der Waals surface area contributed by atoms with Crippen molar-refractivity contribution in [2.45, 2.75) is 31.9 Å². The lowest BCUT2D eigenvalue weighted by Crippen LogP contribution is -2.41. The molecule has 22 heavy (non-hydrogen) atoms. The van der Waals surface area contributed by atoms with E-state index in [1.807, 2.05) is 36.6 Å². The van der Waals surface area contributed by atoms with Crippen molar-refractivity contribution in [3.8, 4) is 0 Å². The van der Waals surface area contributed by atoms with Gasteiger partial charge in [-0.25, -0.2) is 4.98 Å². The third-order valence-corrected chi connectivity index (χ3v) is 4.86. The number of hydrogen-bond donors (Lipinski definition) is 0. The van der Waals surface area contributed by atoms with Crippen molar-refractivity contribution in [3.05, 3.63) is 34.0 Å². The molecule has 2 aromatic heterocycles. The van der Waals surface area contributed by atoms with Gasteiger partial charge in [0.05, 0.1) is 23.4 Å². The van der Waals surface area contributed by atoms with Crippen molar-refractivity contribution in [2.24, 2.45) is 7.05 Å². The van der Waals surface area contributed by atoms with Crippen molar-refractivity contribution in [1.82, 2.24) is 19.7 Å². The molecule has 0 radical (unpaired) electrons. The first-order chi connectivity index (χ1) is 10.6. The summed E-state index contributed by atoms with van der Waals surface area (Å²) in [4.78, 5) is 18.9. The van der Waals surface area contributed by atoms with Crippen LogP contribution in [0, 0.1) is 6.92 Å². The Morgan fingerprint density at radius 3 is 2.95 bits per heavy atom. The summed E-state index contributed by atoms with van der Waals surface area (Å²) in [5, 5.41) is 6.95. The molecule has 0 bridgehead atoms. The Kier molecular flexibility index (Phi) is 4.26. The summed E-state index contributed by atoms with van der Waals surface area (Å²) in [5.74, 6) is -0.00205. The Morgan fingerprint density at radius 2 is 2.36 bits per heavy atom. The molecule has 0 aromatic carbocycles. The van der Waals surface area contributed by atoms with Crippen LogP contribution in [0.2, 0.25) is 0 Å². The summed E-state index contributed by atoms with van der Waals surface area (Å²) < 4.78 is 7.37. The molecule has 0 spiro atoms. The van der Waals surface area contributed by atoms with Gasteiger partial charge >= 0.3 is 0 Å². The fraction of sp³-hybridized carbons (Fsp3) is 0.533. The molecule has 7 heteroatoms. The molecule has 118 valence electrons. The number of carbonyl (C=O) groups excluding carboxylic acids is 1. The molecule has 0 N–H and O–H groups in total. The Bertz CT molecular complexity index is 666. The van der Waals surface area contributed by atoms with E-state index in [0.29, 0.717) is 12.2 Å².